The lowest BCUT2D eigenvalue weighted by molar-refractivity contribution is 0.123. The maximum Gasteiger partial charge on any atom is 0.104 e. The number of aromatic amines is 1. The van der Waals surface area contributed by atoms with E-state index in [1.54, 1.807) is 6.20 Å². The van der Waals surface area contributed by atoms with Gasteiger partial charge in [-0.2, -0.15) is 5.26 Å². The number of rotatable bonds is 8. The van der Waals surface area contributed by atoms with Gasteiger partial charge in [-0.15, -0.1) is 0 Å². The summed E-state index contributed by atoms with van der Waals surface area (Å²) in [6.45, 7) is 5.57. The predicted molar refractivity (Wildman–Crippen MR) is 155 cm³/mol. The Kier molecular flexibility index (Phi) is 7.10. The van der Waals surface area contributed by atoms with Crippen LogP contribution in [0.1, 0.15) is 47.4 Å². The zero-order valence-electron chi connectivity index (χ0n) is 22.3. The maximum atomic E-state index is 10.4. The number of aromatic nitrogens is 2. The summed E-state index contributed by atoms with van der Waals surface area (Å²) < 4.78 is 5.61. The molecule has 0 spiro atoms. The molecule has 2 aliphatic rings. The number of nitrogens with zero attached hydrogens (tertiary/aromatic N) is 3. The van der Waals surface area contributed by atoms with Crippen LogP contribution in [0.15, 0.2) is 48.8 Å². The van der Waals surface area contributed by atoms with Crippen LogP contribution in [-0.4, -0.2) is 47.9 Å². The number of pyridine rings is 1. The van der Waals surface area contributed by atoms with E-state index in [4.69, 9.17) is 4.74 Å². The minimum atomic E-state index is -0.521. The minimum Gasteiger partial charge on any atom is -0.387 e. The molecule has 200 valence electrons. The van der Waals surface area contributed by atoms with E-state index in [1.165, 1.54) is 22.0 Å². The lowest BCUT2D eigenvalue weighted by Gasteiger charge is -2.32. The molecule has 3 heterocycles. The summed E-state index contributed by atoms with van der Waals surface area (Å²) in [5.74, 6) is 0. The second-order valence-corrected chi connectivity index (χ2v) is 10.2. The number of hydrogen-bond donors (Lipinski definition) is 4. The van der Waals surface area contributed by atoms with Crippen molar-refractivity contribution in [3.05, 3.63) is 76.7 Å². The minimum absolute atomic E-state index is 0.521. The number of nitriles is 1. The standard InChI is InChI=1S/C31H34N6O2/c1-2-20-4-3-5-22-21(19-35-29(20)22)10-12-33-25-7-8-27(31(24(25)18-32)37-14-16-39-17-15-37)36-26-11-13-34-30-23(26)6-9-28(30)38/h3-5,7-8,11,13,19,28,33,35,38H,2,6,9-10,12,14-17H2,1H3,(H,34,36). The van der Waals surface area contributed by atoms with Gasteiger partial charge in [-0.3, -0.25) is 4.98 Å². The molecule has 4 N–H and O–H groups in total. The van der Waals surface area contributed by atoms with Gasteiger partial charge >= 0.3 is 0 Å². The van der Waals surface area contributed by atoms with Crippen molar-refractivity contribution in [3.63, 3.8) is 0 Å². The lowest BCUT2D eigenvalue weighted by Crippen LogP contribution is -2.37. The van der Waals surface area contributed by atoms with Crippen LogP contribution in [0, 0.1) is 11.3 Å². The van der Waals surface area contributed by atoms with Gasteiger partial charge in [0.25, 0.3) is 0 Å². The monoisotopic (exact) mass is 522 g/mol. The van der Waals surface area contributed by atoms with Crippen LogP contribution >= 0.6 is 0 Å². The van der Waals surface area contributed by atoms with Crippen molar-refractivity contribution in [3.8, 4) is 6.07 Å². The van der Waals surface area contributed by atoms with Crippen LogP contribution < -0.4 is 15.5 Å². The molecule has 6 rings (SSSR count). The second kappa shape index (κ2) is 11.0. The first-order chi connectivity index (χ1) is 19.2. The number of aliphatic hydroxyl groups excluding tert-OH is 1. The highest BCUT2D eigenvalue weighted by atomic mass is 16.5. The molecule has 39 heavy (non-hydrogen) atoms. The van der Waals surface area contributed by atoms with Crippen molar-refractivity contribution >= 4 is 33.7 Å². The molecule has 0 saturated carbocycles. The first-order valence-electron chi connectivity index (χ1n) is 13.8. The Labute approximate surface area is 228 Å². The first-order valence-corrected chi connectivity index (χ1v) is 13.8. The molecule has 1 atom stereocenters. The van der Waals surface area contributed by atoms with Crippen molar-refractivity contribution in [1.29, 1.82) is 5.26 Å². The Morgan fingerprint density at radius 2 is 1.97 bits per heavy atom. The van der Waals surface area contributed by atoms with E-state index >= 15 is 0 Å². The Hall–Kier alpha value is -4.06. The van der Waals surface area contributed by atoms with Gasteiger partial charge in [0, 0.05) is 48.6 Å². The van der Waals surface area contributed by atoms with Crippen LogP contribution in [0.4, 0.5) is 22.7 Å². The zero-order chi connectivity index (χ0) is 26.8. The number of aliphatic hydroxyl groups is 1. The largest absolute Gasteiger partial charge is 0.387 e. The summed E-state index contributed by atoms with van der Waals surface area (Å²) in [7, 11) is 0. The third-order valence-electron chi connectivity index (χ3n) is 7.94. The number of anilines is 4. The number of ether oxygens (including phenoxy) is 1. The topological polar surface area (TPSA) is 109 Å². The number of H-pyrrole nitrogens is 1. The third-order valence-corrected chi connectivity index (χ3v) is 7.94. The summed E-state index contributed by atoms with van der Waals surface area (Å²) in [6.07, 6.45) is 6.61. The fourth-order valence-corrected chi connectivity index (χ4v) is 5.91. The molecule has 1 unspecified atom stereocenters. The van der Waals surface area contributed by atoms with E-state index in [0.29, 0.717) is 31.7 Å². The van der Waals surface area contributed by atoms with Crippen molar-refractivity contribution in [2.75, 3.05) is 48.4 Å². The summed E-state index contributed by atoms with van der Waals surface area (Å²) in [4.78, 5) is 10.1. The first kappa shape index (κ1) is 25.2. The maximum absolute atomic E-state index is 10.4. The van der Waals surface area contributed by atoms with Crippen molar-refractivity contribution in [1.82, 2.24) is 9.97 Å². The summed E-state index contributed by atoms with van der Waals surface area (Å²) in [5, 5.41) is 29.1. The molecule has 1 aliphatic carbocycles. The molecule has 1 aliphatic heterocycles. The average Bonchev–Trinajstić information content (AvgIpc) is 3.57. The number of fused-ring (bicyclic) bond motifs is 2. The molecule has 4 aromatic rings. The zero-order valence-corrected chi connectivity index (χ0v) is 22.3. The third kappa shape index (κ3) is 4.80. The Balaban J connectivity index is 1.29. The van der Waals surface area contributed by atoms with Crippen molar-refractivity contribution in [2.45, 2.75) is 38.7 Å². The molecule has 0 bridgehead atoms. The van der Waals surface area contributed by atoms with Gasteiger partial charge in [0.2, 0.25) is 0 Å². The van der Waals surface area contributed by atoms with E-state index in [0.717, 1.165) is 66.4 Å². The number of nitrogens with one attached hydrogen (secondary N) is 3. The summed E-state index contributed by atoms with van der Waals surface area (Å²) in [5.41, 5.74) is 9.74. The van der Waals surface area contributed by atoms with Crippen LogP contribution in [-0.2, 0) is 24.0 Å². The highest BCUT2D eigenvalue weighted by molar-refractivity contribution is 5.87. The normalized spacial score (nSPS) is 16.7. The molecule has 0 amide bonds. The van der Waals surface area contributed by atoms with E-state index in [1.807, 2.05) is 18.2 Å². The highest BCUT2D eigenvalue weighted by Gasteiger charge is 2.26. The highest BCUT2D eigenvalue weighted by Crippen LogP contribution is 2.40. The number of morpholine rings is 1. The van der Waals surface area contributed by atoms with Crippen LogP contribution in [0.5, 0.6) is 0 Å². The quantitative estimate of drug-likeness (QED) is 0.251. The number of hydrogen-bond acceptors (Lipinski definition) is 7. The van der Waals surface area contributed by atoms with Crippen LogP contribution in [0.3, 0.4) is 0 Å². The van der Waals surface area contributed by atoms with Crippen molar-refractivity contribution in [2.24, 2.45) is 0 Å². The Morgan fingerprint density at radius 1 is 1.13 bits per heavy atom. The van der Waals surface area contributed by atoms with Crippen LogP contribution in [0.2, 0.25) is 0 Å². The number of aryl methyl sites for hydroxylation is 1. The molecule has 1 fully saturated rings. The fraction of sp³-hybridized carbons (Fsp3) is 0.355. The summed E-state index contributed by atoms with van der Waals surface area (Å²) in [6, 6.07) is 14.9. The molecule has 0 radical (unpaired) electrons. The van der Waals surface area contributed by atoms with Crippen LogP contribution in [0.25, 0.3) is 10.9 Å². The SMILES string of the molecule is CCc1cccc2c(CCNc3ccc(Nc4ccnc5c4CCC5O)c(N4CCOCC4)c3C#N)c[nH]c12. The predicted octanol–water partition coefficient (Wildman–Crippen LogP) is 5.21. The Morgan fingerprint density at radius 3 is 2.79 bits per heavy atom. The fourth-order valence-electron chi connectivity index (χ4n) is 5.91. The smallest absolute Gasteiger partial charge is 0.104 e. The van der Waals surface area contributed by atoms with E-state index in [9.17, 15) is 10.4 Å². The van der Waals surface area contributed by atoms with Gasteiger partial charge in [0.1, 0.15) is 11.6 Å². The average molecular weight is 523 g/mol. The van der Waals surface area contributed by atoms with Gasteiger partial charge in [0.05, 0.1) is 42.1 Å². The molecule has 2 aromatic carbocycles. The van der Waals surface area contributed by atoms with Gasteiger partial charge in [-0.05, 0) is 60.6 Å². The molecule has 8 heteroatoms. The van der Waals surface area contributed by atoms with E-state index in [2.05, 4.69) is 62.9 Å². The summed E-state index contributed by atoms with van der Waals surface area (Å²) >= 11 is 0. The number of para-hydroxylation sites is 1. The second-order valence-electron chi connectivity index (χ2n) is 10.2. The number of benzene rings is 2. The lowest BCUT2D eigenvalue weighted by atomic mass is 10.0. The molecule has 8 nitrogen and oxygen atoms in total. The van der Waals surface area contributed by atoms with E-state index < -0.39 is 6.10 Å². The Bertz CT molecular complexity index is 1530. The van der Waals surface area contributed by atoms with Gasteiger partial charge in [-0.25, -0.2) is 0 Å². The molecule has 2 aromatic heterocycles. The van der Waals surface area contributed by atoms with Crippen molar-refractivity contribution < 1.29 is 9.84 Å². The van der Waals surface area contributed by atoms with E-state index in [-0.39, 0.29) is 0 Å². The van der Waals surface area contributed by atoms with Gasteiger partial charge in [-0.1, -0.05) is 25.1 Å². The molecular formula is C31H34N6O2. The molecular weight excluding hydrogens is 488 g/mol. The van der Waals surface area contributed by atoms with Gasteiger partial charge < -0.3 is 30.4 Å². The van der Waals surface area contributed by atoms with Gasteiger partial charge in [0.15, 0.2) is 0 Å². The molecule has 1 saturated heterocycles.